The number of halogens is 3. The summed E-state index contributed by atoms with van der Waals surface area (Å²) in [6, 6.07) is 4.03. The number of carbonyl (C=O) groups is 1. The molecular weight excluding hydrogens is 412 g/mol. The van der Waals surface area contributed by atoms with Gasteiger partial charge in [0.1, 0.15) is 5.54 Å². The zero-order chi connectivity index (χ0) is 22.8. The van der Waals surface area contributed by atoms with Gasteiger partial charge in [0.15, 0.2) is 0 Å². The average Bonchev–Trinajstić information content (AvgIpc) is 3.13. The zero-order valence-corrected chi connectivity index (χ0v) is 17.4. The largest absolute Gasteiger partial charge is 0.480 e. The number of aryl methyl sites for hydroxylation is 1. The van der Waals surface area contributed by atoms with Crippen LogP contribution in [0.2, 0.25) is 6.32 Å². The normalized spacial score (nSPS) is 22.2. The molecule has 172 valence electrons. The Bertz CT molecular complexity index is 784. The summed E-state index contributed by atoms with van der Waals surface area (Å²) in [6.07, 6.45) is -0.316. The molecule has 1 unspecified atom stereocenters. The van der Waals surface area contributed by atoms with Gasteiger partial charge in [0.05, 0.1) is 5.56 Å². The molecule has 1 aromatic carbocycles. The second-order valence-electron chi connectivity index (χ2n) is 8.85. The number of hydrogen-bond donors (Lipinski definition) is 4. The highest BCUT2D eigenvalue weighted by atomic mass is 19.4. The lowest BCUT2D eigenvalue weighted by molar-refractivity contribution is -0.147. The van der Waals surface area contributed by atoms with E-state index in [0.717, 1.165) is 23.6 Å². The van der Waals surface area contributed by atoms with Crippen LogP contribution < -0.4 is 5.73 Å². The van der Waals surface area contributed by atoms with E-state index in [1.54, 1.807) is 6.07 Å². The van der Waals surface area contributed by atoms with Crippen LogP contribution in [0.3, 0.4) is 0 Å². The first kappa shape index (κ1) is 24.0. The maximum atomic E-state index is 13.0. The smallest absolute Gasteiger partial charge is 0.451 e. The molecule has 2 aliphatic rings. The van der Waals surface area contributed by atoms with Crippen LogP contribution in [-0.4, -0.2) is 51.8 Å². The second kappa shape index (κ2) is 9.48. The SMILES string of the molecule is N[C@@](CCCCB(O)O)(C(=O)O)C1CCN(C2CCc3cc(C(F)(F)F)ccc32)CC1. The summed E-state index contributed by atoms with van der Waals surface area (Å²) in [5.41, 5.74) is 6.02. The van der Waals surface area contributed by atoms with Crippen LogP contribution in [0.1, 0.15) is 61.3 Å². The van der Waals surface area contributed by atoms with Crippen LogP contribution in [-0.2, 0) is 17.4 Å². The number of unbranched alkanes of at least 4 members (excludes halogenated alkanes) is 1. The number of likely N-dealkylation sites (tertiary alicyclic amines) is 1. The van der Waals surface area contributed by atoms with E-state index >= 15 is 0 Å². The Hall–Kier alpha value is -1.62. The van der Waals surface area contributed by atoms with E-state index in [-0.39, 0.29) is 24.7 Å². The second-order valence-corrected chi connectivity index (χ2v) is 8.85. The Balaban J connectivity index is 1.61. The number of fused-ring (bicyclic) bond motifs is 1. The minimum Gasteiger partial charge on any atom is -0.480 e. The highest BCUT2D eigenvalue weighted by Gasteiger charge is 2.44. The van der Waals surface area contributed by atoms with Crippen LogP contribution in [0.15, 0.2) is 18.2 Å². The number of nitrogens with two attached hydrogens (primary N) is 1. The zero-order valence-electron chi connectivity index (χ0n) is 17.4. The standard InChI is InChI=1S/C21H30BF3N2O4/c23-21(24,25)16-4-5-17-14(13-16)3-6-18(17)27-11-7-15(8-12-27)20(26,19(28)29)9-1-2-10-22(30)31/h4-5,13,15,18,30-31H,1-3,6-12,26H2,(H,28,29)/t18?,20-/m1/s1. The third kappa shape index (κ3) is 5.42. The molecule has 1 aliphatic carbocycles. The number of aliphatic carboxylic acids is 1. The maximum absolute atomic E-state index is 13.0. The monoisotopic (exact) mass is 442 g/mol. The quantitative estimate of drug-likeness (QED) is 0.365. The van der Waals surface area contributed by atoms with Crippen LogP contribution in [0.5, 0.6) is 0 Å². The van der Waals surface area contributed by atoms with Crippen molar-refractivity contribution in [3.8, 4) is 0 Å². The van der Waals surface area contributed by atoms with Crippen molar-refractivity contribution in [2.45, 2.75) is 69.0 Å². The van der Waals surface area contributed by atoms with Gasteiger partial charge in [-0.05, 0) is 80.7 Å². The van der Waals surface area contributed by atoms with Gasteiger partial charge in [-0.3, -0.25) is 9.69 Å². The number of carboxylic acid groups (broad SMARTS) is 1. The fourth-order valence-corrected chi connectivity index (χ4v) is 5.11. The van der Waals surface area contributed by atoms with Crippen LogP contribution in [0.4, 0.5) is 13.2 Å². The summed E-state index contributed by atoms with van der Waals surface area (Å²) >= 11 is 0. The lowest BCUT2D eigenvalue weighted by Gasteiger charge is -2.42. The first-order chi connectivity index (χ1) is 14.5. The summed E-state index contributed by atoms with van der Waals surface area (Å²) in [5.74, 6) is -1.24. The molecular formula is C21H30BF3N2O4. The van der Waals surface area contributed by atoms with Crippen molar-refractivity contribution in [3.63, 3.8) is 0 Å². The van der Waals surface area contributed by atoms with E-state index in [1.165, 1.54) is 6.07 Å². The Morgan fingerprint density at radius 2 is 1.84 bits per heavy atom. The van der Waals surface area contributed by atoms with Gasteiger partial charge >= 0.3 is 19.3 Å². The molecule has 0 spiro atoms. The van der Waals surface area contributed by atoms with Gasteiger partial charge in [-0.15, -0.1) is 0 Å². The van der Waals surface area contributed by atoms with Gasteiger partial charge in [-0.25, -0.2) is 0 Å². The molecule has 2 atom stereocenters. The minimum atomic E-state index is -4.35. The average molecular weight is 442 g/mol. The Labute approximate surface area is 180 Å². The van der Waals surface area contributed by atoms with Crippen molar-refractivity contribution in [2.24, 2.45) is 11.7 Å². The Kier molecular flexibility index (Phi) is 7.35. The number of hydrogen-bond acceptors (Lipinski definition) is 5. The summed E-state index contributed by atoms with van der Waals surface area (Å²) in [7, 11) is -1.40. The molecule has 0 aromatic heterocycles. The van der Waals surface area contributed by atoms with Crippen LogP contribution >= 0.6 is 0 Å². The fraction of sp³-hybridized carbons (Fsp3) is 0.667. The van der Waals surface area contributed by atoms with Crippen molar-refractivity contribution in [3.05, 3.63) is 34.9 Å². The molecule has 1 aromatic rings. The van der Waals surface area contributed by atoms with Crippen molar-refractivity contribution in [2.75, 3.05) is 13.1 Å². The number of carboxylic acids is 1. The first-order valence-electron chi connectivity index (χ1n) is 10.8. The highest BCUT2D eigenvalue weighted by Crippen LogP contribution is 2.42. The molecule has 1 fully saturated rings. The van der Waals surface area contributed by atoms with Crippen molar-refractivity contribution < 1.29 is 33.1 Å². The van der Waals surface area contributed by atoms with Gasteiger partial charge in [0, 0.05) is 6.04 Å². The fourth-order valence-electron chi connectivity index (χ4n) is 5.11. The number of piperidine rings is 1. The third-order valence-corrected chi connectivity index (χ3v) is 6.92. The predicted octanol–water partition coefficient (Wildman–Crippen LogP) is 2.83. The van der Waals surface area contributed by atoms with E-state index in [2.05, 4.69) is 4.90 Å². The number of rotatable bonds is 8. The topological polar surface area (TPSA) is 107 Å². The summed E-state index contributed by atoms with van der Waals surface area (Å²) in [4.78, 5) is 14.2. The maximum Gasteiger partial charge on any atom is 0.451 e. The molecule has 1 saturated heterocycles. The van der Waals surface area contributed by atoms with Crippen molar-refractivity contribution in [1.82, 2.24) is 4.90 Å². The summed E-state index contributed by atoms with van der Waals surface area (Å²) in [6.45, 7) is 1.30. The number of benzene rings is 1. The number of alkyl halides is 3. The molecule has 5 N–H and O–H groups in total. The summed E-state index contributed by atoms with van der Waals surface area (Å²) < 4.78 is 39.0. The van der Waals surface area contributed by atoms with E-state index in [4.69, 9.17) is 15.8 Å². The molecule has 0 bridgehead atoms. The molecule has 3 rings (SSSR count). The molecule has 1 aliphatic heterocycles. The van der Waals surface area contributed by atoms with E-state index < -0.39 is 30.4 Å². The molecule has 31 heavy (non-hydrogen) atoms. The first-order valence-corrected chi connectivity index (χ1v) is 10.8. The number of nitrogens with zero attached hydrogens (tertiary/aromatic N) is 1. The van der Waals surface area contributed by atoms with E-state index in [0.29, 0.717) is 45.2 Å². The lowest BCUT2D eigenvalue weighted by Crippen LogP contribution is -2.57. The molecule has 6 nitrogen and oxygen atoms in total. The third-order valence-electron chi connectivity index (χ3n) is 6.92. The van der Waals surface area contributed by atoms with Crippen molar-refractivity contribution in [1.29, 1.82) is 0 Å². The van der Waals surface area contributed by atoms with Crippen LogP contribution in [0.25, 0.3) is 0 Å². The van der Waals surface area contributed by atoms with Gasteiger partial charge in [0.2, 0.25) is 0 Å². The van der Waals surface area contributed by atoms with Gasteiger partial charge in [0.25, 0.3) is 0 Å². The molecule has 1 heterocycles. The predicted molar refractivity (Wildman–Crippen MR) is 110 cm³/mol. The Morgan fingerprint density at radius 1 is 1.16 bits per heavy atom. The van der Waals surface area contributed by atoms with Gasteiger partial charge in [-0.1, -0.05) is 18.9 Å². The molecule has 0 radical (unpaired) electrons. The van der Waals surface area contributed by atoms with Crippen LogP contribution in [0, 0.1) is 5.92 Å². The summed E-state index contributed by atoms with van der Waals surface area (Å²) in [5, 5.41) is 27.7. The van der Waals surface area contributed by atoms with Gasteiger partial charge in [-0.2, -0.15) is 13.2 Å². The lowest BCUT2D eigenvalue weighted by atomic mass is 9.74. The van der Waals surface area contributed by atoms with E-state index in [1.807, 2.05) is 0 Å². The Morgan fingerprint density at radius 3 is 2.42 bits per heavy atom. The van der Waals surface area contributed by atoms with E-state index in [9.17, 15) is 23.1 Å². The molecule has 0 amide bonds. The van der Waals surface area contributed by atoms with Crippen molar-refractivity contribution >= 4 is 13.1 Å². The minimum absolute atomic E-state index is 0.0567. The molecule has 10 heteroatoms. The highest BCUT2D eigenvalue weighted by molar-refractivity contribution is 6.40. The van der Waals surface area contributed by atoms with Gasteiger partial charge < -0.3 is 20.9 Å². The molecule has 0 saturated carbocycles.